The summed E-state index contributed by atoms with van der Waals surface area (Å²) >= 11 is 0. The molecule has 0 saturated carbocycles. The van der Waals surface area contributed by atoms with Crippen molar-refractivity contribution in [3.05, 3.63) is 48.6 Å². The largest absolute Gasteiger partial charge is 0.506 e. The summed E-state index contributed by atoms with van der Waals surface area (Å²) in [5.41, 5.74) is 0.678. The van der Waals surface area contributed by atoms with Crippen LogP contribution in [-0.2, 0) is 9.53 Å². The van der Waals surface area contributed by atoms with Crippen LogP contribution in [0.15, 0.2) is 43.0 Å². The van der Waals surface area contributed by atoms with Crippen LogP contribution in [0, 0.1) is 0 Å². The van der Waals surface area contributed by atoms with Crippen LogP contribution in [0.2, 0.25) is 0 Å². The minimum Gasteiger partial charge on any atom is -0.450 e. The number of ether oxygens (including phenoxy) is 1. The molecular formula is C13H15NO4. The molecule has 1 amide bonds. The van der Waals surface area contributed by atoms with Crippen molar-refractivity contribution in [2.24, 2.45) is 0 Å². The SMILES string of the molecule is C=CC(=O)NC(C)C(OC(=O)O)c1ccccc1. The van der Waals surface area contributed by atoms with Crippen molar-refractivity contribution < 1.29 is 19.4 Å². The van der Waals surface area contributed by atoms with Gasteiger partial charge in [0, 0.05) is 0 Å². The molecule has 0 spiro atoms. The summed E-state index contributed by atoms with van der Waals surface area (Å²) in [6.07, 6.45) is -1.02. The van der Waals surface area contributed by atoms with Gasteiger partial charge in [-0.1, -0.05) is 36.9 Å². The zero-order valence-corrected chi connectivity index (χ0v) is 10.00. The summed E-state index contributed by atoms with van der Waals surface area (Å²) in [6, 6.07) is 8.35. The number of rotatable bonds is 5. The van der Waals surface area contributed by atoms with E-state index in [1.165, 1.54) is 0 Å². The highest BCUT2D eigenvalue weighted by Crippen LogP contribution is 2.21. The Morgan fingerprint density at radius 3 is 2.50 bits per heavy atom. The number of nitrogens with one attached hydrogen (secondary N) is 1. The van der Waals surface area contributed by atoms with Gasteiger partial charge in [-0.15, -0.1) is 0 Å². The zero-order valence-electron chi connectivity index (χ0n) is 10.00. The molecule has 0 aliphatic carbocycles. The van der Waals surface area contributed by atoms with Gasteiger partial charge >= 0.3 is 6.16 Å². The van der Waals surface area contributed by atoms with E-state index in [0.29, 0.717) is 5.56 Å². The van der Waals surface area contributed by atoms with Crippen LogP contribution in [0.25, 0.3) is 0 Å². The highest BCUT2D eigenvalue weighted by molar-refractivity contribution is 5.87. The molecule has 0 aromatic heterocycles. The summed E-state index contributed by atoms with van der Waals surface area (Å²) in [7, 11) is 0. The molecule has 2 atom stereocenters. The van der Waals surface area contributed by atoms with Crippen molar-refractivity contribution >= 4 is 12.1 Å². The number of benzene rings is 1. The van der Waals surface area contributed by atoms with E-state index in [4.69, 9.17) is 9.84 Å². The number of carbonyl (C=O) groups is 2. The molecule has 0 radical (unpaired) electrons. The first-order valence-electron chi connectivity index (χ1n) is 5.42. The van der Waals surface area contributed by atoms with Crippen molar-refractivity contribution in [2.75, 3.05) is 0 Å². The molecule has 18 heavy (non-hydrogen) atoms. The minimum absolute atomic E-state index is 0.377. The van der Waals surface area contributed by atoms with Gasteiger partial charge in [0.05, 0.1) is 6.04 Å². The Labute approximate surface area is 105 Å². The van der Waals surface area contributed by atoms with Gasteiger partial charge in [-0.05, 0) is 18.6 Å². The Bertz CT molecular complexity index is 430. The Balaban J connectivity index is 2.87. The Hall–Kier alpha value is -2.30. The molecule has 1 rings (SSSR count). The highest BCUT2D eigenvalue weighted by Gasteiger charge is 2.24. The summed E-state index contributed by atoms with van der Waals surface area (Å²) in [5, 5.41) is 11.3. The highest BCUT2D eigenvalue weighted by atomic mass is 16.7. The second-order valence-electron chi connectivity index (χ2n) is 3.72. The number of carboxylic acid groups (broad SMARTS) is 1. The third-order valence-electron chi connectivity index (χ3n) is 2.37. The lowest BCUT2D eigenvalue weighted by Crippen LogP contribution is -2.37. The molecule has 96 valence electrons. The molecule has 0 heterocycles. The van der Waals surface area contributed by atoms with E-state index in [9.17, 15) is 9.59 Å². The molecule has 0 saturated heterocycles. The van der Waals surface area contributed by atoms with E-state index in [2.05, 4.69) is 11.9 Å². The van der Waals surface area contributed by atoms with E-state index in [-0.39, 0.29) is 5.91 Å². The summed E-state index contributed by atoms with van der Waals surface area (Å²) < 4.78 is 4.81. The molecule has 1 aromatic carbocycles. The van der Waals surface area contributed by atoms with Crippen molar-refractivity contribution in [3.63, 3.8) is 0 Å². The lowest BCUT2D eigenvalue weighted by atomic mass is 10.0. The molecule has 5 heteroatoms. The van der Waals surface area contributed by atoms with Gasteiger partial charge in [-0.2, -0.15) is 0 Å². The smallest absolute Gasteiger partial charge is 0.450 e. The van der Waals surface area contributed by atoms with Gasteiger partial charge in [0.2, 0.25) is 5.91 Å². The fraction of sp³-hybridized carbons (Fsp3) is 0.231. The third kappa shape index (κ3) is 3.93. The average Bonchev–Trinajstić information content (AvgIpc) is 2.36. The number of hydrogen-bond acceptors (Lipinski definition) is 3. The quantitative estimate of drug-likeness (QED) is 0.619. The van der Waals surface area contributed by atoms with Crippen LogP contribution >= 0.6 is 0 Å². The van der Waals surface area contributed by atoms with Crippen molar-refractivity contribution in [1.82, 2.24) is 5.32 Å². The van der Waals surface area contributed by atoms with E-state index in [0.717, 1.165) is 6.08 Å². The molecule has 5 nitrogen and oxygen atoms in total. The monoisotopic (exact) mass is 249 g/mol. The predicted molar refractivity (Wildman–Crippen MR) is 66.1 cm³/mol. The number of amides is 1. The van der Waals surface area contributed by atoms with Crippen LogP contribution in [0.5, 0.6) is 0 Å². The molecule has 1 aromatic rings. The van der Waals surface area contributed by atoms with Crippen LogP contribution in [0.3, 0.4) is 0 Å². The van der Waals surface area contributed by atoms with Gasteiger partial charge in [-0.3, -0.25) is 4.79 Å². The van der Waals surface area contributed by atoms with Gasteiger partial charge in [0.1, 0.15) is 0 Å². The molecule has 0 aliphatic rings. The maximum Gasteiger partial charge on any atom is 0.506 e. The molecule has 0 aliphatic heterocycles. The van der Waals surface area contributed by atoms with Crippen LogP contribution in [0.1, 0.15) is 18.6 Å². The Morgan fingerprint density at radius 1 is 1.39 bits per heavy atom. The predicted octanol–water partition coefficient (Wildman–Crippen LogP) is 2.11. The molecule has 2 N–H and O–H groups in total. The van der Waals surface area contributed by atoms with Gasteiger partial charge in [-0.25, -0.2) is 4.79 Å². The molecule has 2 unspecified atom stereocenters. The van der Waals surface area contributed by atoms with E-state index >= 15 is 0 Å². The second-order valence-corrected chi connectivity index (χ2v) is 3.72. The van der Waals surface area contributed by atoms with Gasteiger partial charge in [0.25, 0.3) is 0 Å². The fourth-order valence-electron chi connectivity index (χ4n) is 1.57. The lowest BCUT2D eigenvalue weighted by molar-refractivity contribution is -0.118. The summed E-state index contributed by atoms with van der Waals surface area (Å²) in [5.74, 6) is -0.377. The van der Waals surface area contributed by atoms with Crippen molar-refractivity contribution in [3.8, 4) is 0 Å². The van der Waals surface area contributed by atoms with E-state index in [1.807, 2.05) is 6.07 Å². The van der Waals surface area contributed by atoms with Crippen molar-refractivity contribution in [1.29, 1.82) is 0 Å². The Morgan fingerprint density at radius 2 is 2.00 bits per heavy atom. The second kappa shape index (κ2) is 6.44. The first-order valence-corrected chi connectivity index (χ1v) is 5.42. The number of hydrogen-bond donors (Lipinski definition) is 2. The lowest BCUT2D eigenvalue weighted by Gasteiger charge is -2.23. The van der Waals surface area contributed by atoms with Crippen LogP contribution < -0.4 is 5.32 Å². The number of carbonyl (C=O) groups excluding carboxylic acids is 1. The van der Waals surface area contributed by atoms with Crippen LogP contribution in [0.4, 0.5) is 4.79 Å². The maximum absolute atomic E-state index is 11.2. The van der Waals surface area contributed by atoms with Gasteiger partial charge in [0.15, 0.2) is 6.10 Å². The fourth-order valence-corrected chi connectivity index (χ4v) is 1.57. The molecule has 0 bridgehead atoms. The van der Waals surface area contributed by atoms with E-state index in [1.54, 1.807) is 31.2 Å². The van der Waals surface area contributed by atoms with Crippen LogP contribution in [-0.4, -0.2) is 23.2 Å². The first kappa shape index (κ1) is 13.8. The average molecular weight is 249 g/mol. The topological polar surface area (TPSA) is 75.6 Å². The minimum atomic E-state index is -1.39. The Kier molecular flexibility index (Phi) is 4.92. The molecule has 0 fully saturated rings. The van der Waals surface area contributed by atoms with E-state index < -0.39 is 18.3 Å². The third-order valence-corrected chi connectivity index (χ3v) is 2.37. The molecular weight excluding hydrogens is 234 g/mol. The van der Waals surface area contributed by atoms with Crippen molar-refractivity contribution in [2.45, 2.75) is 19.1 Å². The first-order chi connectivity index (χ1) is 8.54. The maximum atomic E-state index is 11.2. The van der Waals surface area contributed by atoms with Gasteiger partial charge < -0.3 is 15.2 Å². The normalized spacial score (nSPS) is 13.2. The zero-order chi connectivity index (χ0) is 13.5. The standard InChI is InChI=1S/C13H15NO4/c1-3-11(15)14-9(2)12(18-13(16)17)10-7-5-4-6-8-10/h3-9,12H,1H2,2H3,(H,14,15)(H,16,17). The summed E-state index contributed by atoms with van der Waals surface area (Å²) in [4.78, 5) is 21.9. The summed E-state index contributed by atoms with van der Waals surface area (Å²) in [6.45, 7) is 5.01.